The molecule has 1 N–H and O–H groups in total. The largest absolute Gasteiger partial charge is 0.370 e. The van der Waals surface area contributed by atoms with Crippen LogP contribution >= 0.6 is 0 Å². The molecule has 0 spiro atoms. The van der Waals surface area contributed by atoms with Gasteiger partial charge in [0.15, 0.2) is 0 Å². The second-order valence-corrected chi connectivity index (χ2v) is 4.51. The van der Waals surface area contributed by atoms with Gasteiger partial charge in [-0.25, -0.2) is 9.97 Å². The average molecular weight is 219 g/mol. The number of aromatic nitrogens is 2. The van der Waals surface area contributed by atoms with Gasteiger partial charge in [-0.05, 0) is 26.2 Å². The van der Waals surface area contributed by atoms with Gasteiger partial charge in [0, 0.05) is 24.2 Å². The van der Waals surface area contributed by atoms with Crippen LogP contribution in [0.25, 0.3) is 0 Å². The highest BCUT2D eigenvalue weighted by Crippen LogP contribution is 2.34. The molecule has 0 bridgehead atoms. The third-order valence-electron chi connectivity index (χ3n) is 3.13. The maximum absolute atomic E-state index is 4.68. The zero-order valence-corrected chi connectivity index (χ0v) is 10.3. The molecule has 0 atom stereocenters. The Morgan fingerprint density at radius 3 is 2.69 bits per heavy atom. The van der Waals surface area contributed by atoms with Crippen LogP contribution in [-0.4, -0.2) is 16.5 Å². The Hall–Kier alpha value is -1.12. The van der Waals surface area contributed by atoms with E-state index in [1.54, 1.807) is 0 Å². The predicted octanol–water partition coefficient (Wildman–Crippen LogP) is 3.13. The van der Waals surface area contributed by atoms with Gasteiger partial charge in [0.25, 0.3) is 0 Å². The number of anilines is 1. The Balaban J connectivity index is 2.21. The lowest BCUT2D eigenvalue weighted by Crippen LogP contribution is -2.15. The molecule has 0 radical (unpaired) electrons. The first-order valence-electron chi connectivity index (χ1n) is 6.45. The lowest BCUT2D eigenvalue weighted by molar-refractivity contribution is 0.400. The van der Waals surface area contributed by atoms with E-state index in [4.69, 9.17) is 0 Å². The van der Waals surface area contributed by atoms with Crippen molar-refractivity contribution in [1.29, 1.82) is 0 Å². The summed E-state index contributed by atoms with van der Waals surface area (Å²) in [6, 6.07) is 2.09. The lowest BCUT2D eigenvalue weighted by atomic mass is 9.85. The molecule has 3 nitrogen and oxygen atoms in total. The fourth-order valence-electron chi connectivity index (χ4n) is 2.02. The predicted molar refractivity (Wildman–Crippen MR) is 66.8 cm³/mol. The van der Waals surface area contributed by atoms with Crippen LogP contribution in [0.3, 0.4) is 0 Å². The molecule has 0 unspecified atom stereocenters. The van der Waals surface area contributed by atoms with Crippen molar-refractivity contribution in [3.8, 4) is 0 Å². The first-order chi connectivity index (χ1) is 7.83. The highest BCUT2D eigenvalue weighted by molar-refractivity contribution is 5.36. The summed E-state index contributed by atoms with van der Waals surface area (Å²) >= 11 is 0. The molecule has 1 fully saturated rings. The van der Waals surface area contributed by atoms with E-state index < -0.39 is 0 Å². The summed E-state index contributed by atoms with van der Waals surface area (Å²) in [7, 11) is 0. The molecule has 1 heterocycles. The van der Waals surface area contributed by atoms with Crippen molar-refractivity contribution in [1.82, 2.24) is 9.97 Å². The van der Waals surface area contributed by atoms with Crippen molar-refractivity contribution in [3.05, 3.63) is 17.6 Å². The van der Waals surface area contributed by atoms with Gasteiger partial charge < -0.3 is 5.32 Å². The smallest absolute Gasteiger partial charge is 0.134 e. The Bertz CT molecular complexity index is 321. The number of rotatable bonds is 5. The summed E-state index contributed by atoms with van der Waals surface area (Å²) < 4.78 is 0. The molecular weight excluding hydrogens is 198 g/mol. The van der Waals surface area contributed by atoms with Crippen LogP contribution in [0.5, 0.6) is 0 Å². The second-order valence-electron chi connectivity index (χ2n) is 4.51. The normalized spacial score (nSPS) is 15.9. The maximum atomic E-state index is 4.68. The summed E-state index contributed by atoms with van der Waals surface area (Å²) in [6.07, 6.45) is 6.07. The molecule has 16 heavy (non-hydrogen) atoms. The molecule has 3 heteroatoms. The van der Waals surface area contributed by atoms with Gasteiger partial charge in [-0.2, -0.15) is 0 Å². The van der Waals surface area contributed by atoms with Crippen LogP contribution < -0.4 is 5.32 Å². The first kappa shape index (κ1) is 11.4. The van der Waals surface area contributed by atoms with E-state index in [2.05, 4.69) is 35.2 Å². The molecule has 1 aromatic rings. The van der Waals surface area contributed by atoms with Crippen molar-refractivity contribution in [2.45, 2.75) is 51.9 Å². The molecule has 0 aromatic carbocycles. The van der Waals surface area contributed by atoms with Crippen LogP contribution in [0.2, 0.25) is 0 Å². The summed E-state index contributed by atoms with van der Waals surface area (Å²) in [5.74, 6) is 2.69. The standard InChI is InChI=1S/C13H21N3/c1-3-6-11-9-12(14-4-2)16-13(15-11)10-7-5-8-10/h9-10H,3-8H2,1-2H3,(H,14,15,16). The van der Waals surface area contributed by atoms with Crippen LogP contribution in [0.1, 0.15) is 57.0 Å². The van der Waals surface area contributed by atoms with Gasteiger partial charge in [0.05, 0.1) is 0 Å². The summed E-state index contributed by atoms with van der Waals surface area (Å²) in [4.78, 5) is 9.28. The van der Waals surface area contributed by atoms with Gasteiger partial charge in [-0.3, -0.25) is 0 Å². The van der Waals surface area contributed by atoms with E-state index in [-0.39, 0.29) is 0 Å². The van der Waals surface area contributed by atoms with Crippen molar-refractivity contribution in [2.24, 2.45) is 0 Å². The highest BCUT2D eigenvalue weighted by Gasteiger charge is 2.23. The molecule has 2 rings (SSSR count). The fourth-order valence-corrected chi connectivity index (χ4v) is 2.02. The Kier molecular flexibility index (Phi) is 3.75. The number of hydrogen-bond acceptors (Lipinski definition) is 3. The quantitative estimate of drug-likeness (QED) is 0.826. The number of hydrogen-bond donors (Lipinski definition) is 1. The van der Waals surface area contributed by atoms with Gasteiger partial charge in [0.1, 0.15) is 11.6 Å². The van der Waals surface area contributed by atoms with E-state index in [0.29, 0.717) is 5.92 Å². The molecule has 0 aliphatic heterocycles. The number of nitrogens with one attached hydrogen (secondary N) is 1. The topological polar surface area (TPSA) is 37.8 Å². The summed E-state index contributed by atoms with van der Waals surface area (Å²) in [5, 5.41) is 3.30. The number of nitrogens with zero attached hydrogens (tertiary/aromatic N) is 2. The third kappa shape index (κ3) is 2.52. The monoisotopic (exact) mass is 219 g/mol. The molecule has 1 aliphatic rings. The molecule has 88 valence electrons. The van der Waals surface area contributed by atoms with E-state index >= 15 is 0 Å². The lowest BCUT2D eigenvalue weighted by Gasteiger charge is -2.24. The molecule has 1 saturated carbocycles. The van der Waals surface area contributed by atoms with E-state index in [1.165, 1.54) is 25.0 Å². The van der Waals surface area contributed by atoms with Crippen LogP contribution in [0.15, 0.2) is 6.07 Å². The van der Waals surface area contributed by atoms with Gasteiger partial charge in [-0.1, -0.05) is 19.8 Å². The fraction of sp³-hybridized carbons (Fsp3) is 0.692. The SMILES string of the molecule is CCCc1cc(NCC)nc(C2CCC2)n1. The van der Waals surface area contributed by atoms with Gasteiger partial charge in [-0.15, -0.1) is 0 Å². The summed E-state index contributed by atoms with van der Waals surface area (Å²) in [6.45, 7) is 5.22. The Morgan fingerprint density at radius 1 is 1.31 bits per heavy atom. The van der Waals surface area contributed by atoms with E-state index in [9.17, 15) is 0 Å². The Morgan fingerprint density at radius 2 is 2.12 bits per heavy atom. The minimum absolute atomic E-state index is 0.620. The van der Waals surface area contributed by atoms with E-state index in [1.807, 2.05) is 0 Å². The Labute approximate surface area is 97.7 Å². The zero-order chi connectivity index (χ0) is 11.4. The highest BCUT2D eigenvalue weighted by atomic mass is 15.0. The minimum atomic E-state index is 0.620. The molecule has 0 amide bonds. The molecule has 1 aromatic heterocycles. The van der Waals surface area contributed by atoms with E-state index in [0.717, 1.165) is 31.0 Å². The van der Waals surface area contributed by atoms with Crippen LogP contribution in [0, 0.1) is 0 Å². The van der Waals surface area contributed by atoms with Crippen LogP contribution in [0.4, 0.5) is 5.82 Å². The molecule has 1 aliphatic carbocycles. The zero-order valence-electron chi connectivity index (χ0n) is 10.3. The van der Waals surface area contributed by atoms with Crippen molar-refractivity contribution in [2.75, 3.05) is 11.9 Å². The molecule has 0 saturated heterocycles. The van der Waals surface area contributed by atoms with Crippen molar-refractivity contribution >= 4 is 5.82 Å². The van der Waals surface area contributed by atoms with Crippen LogP contribution in [-0.2, 0) is 6.42 Å². The maximum Gasteiger partial charge on any atom is 0.134 e. The van der Waals surface area contributed by atoms with Gasteiger partial charge >= 0.3 is 0 Å². The average Bonchev–Trinajstić information content (AvgIpc) is 2.15. The van der Waals surface area contributed by atoms with Gasteiger partial charge in [0.2, 0.25) is 0 Å². The first-order valence-corrected chi connectivity index (χ1v) is 6.45. The van der Waals surface area contributed by atoms with Crippen molar-refractivity contribution < 1.29 is 0 Å². The third-order valence-corrected chi connectivity index (χ3v) is 3.13. The second kappa shape index (κ2) is 5.28. The number of aryl methyl sites for hydroxylation is 1. The minimum Gasteiger partial charge on any atom is -0.370 e. The summed E-state index contributed by atoms with van der Waals surface area (Å²) in [5.41, 5.74) is 1.19. The van der Waals surface area contributed by atoms with Crippen molar-refractivity contribution in [3.63, 3.8) is 0 Å². The molecular formula is C13H21N3.